The van der Waals surface area contributed by atoms with Crippen molar-refractivity contribution >= 4 is 23.0 Å². The van der Waals surface area contributed by atoms with E-state index in [1.54, 1.807) is 18.2 Å². The van der Waals surface area contributed by atoms with Gasteiger partial charge in [0, 0.05) is 18.1 Å². The molecule has 0 saturated heterocycles. The quantitative estimate of drug-likeness (QED) is 0.664. The van der Waals surface area contributed by atoms with Gasteiger partial charge in [-0.1, -0.05) is 12.1 Å². The standard InChI is InChI=1S/C11H9NO2/c1-6(13)8-4-3-5-9-10(8)11(12-9)7(2)14/h3-5H,1-2H3. The minimum atomic E-state index is -0.0915. The highest BCUT2D eigenvalue weighted by Crippen LogP contribution is 2.32. The monoisotopic (exact) mass is 187 g/mol. The molecule has 0 atom stereocenters. The van der Waals surface area contributed by atoms with Gasteiger partial charge in [0.25, 0.3) is 0 Å². The van der Waals surface area contributed by atoms with Crippen molar-refractivity contribution in [3.8, 4) is 0 Å². The number of ketones is 2. The molecule has 1 aliphatic heterocycles. The van der Waals surface area contributed by atoms with Crippen molar-refractivity contribution in [2.75, 3.05) is 0 Å². The van der Waals surface area contributed by atoms with Crippen LogP contribution >= 0.6 is 0 Å². The van der Waals surface area contributed by atoms with E-state index in [4.69, 9.17) is 0 Å². The van der Waals surface area contributed by atoms with Gasteiger partial charge in [0.15, 0.2) is 11.6 Å². The van der Waals surface area contributed by atoms with E-state index in [0.717, 1.165) is 5.69 Å². The molecule has 0 N–H and O–H groups in total. The van der Waals surface area contributed by atoms with E-state index in [9.17, 15) is 9.59 Å². The molecule has 3 heteroatoms. The molecule has 1 aromatic carbocycles. The van der Waals surface area contributed by atoms with Crippen LogP contribution in [0.1, 0.15) is 29.8 Å². The highest BCUT2D eigenvalue weighted by molar-refractivity contribution is 6.51. The normalized spacial score (nSPS) is 12.6. The fourth-order valence-corrected chi connectivity index (χ4v) is 1.55. The van der Waals surface area contributed by atoms with Crippen molar-refractivity contribution in [2.45, 2.75) is 13.8 Å². The van der Waals surface area contributed by atoms with Crippen LogP contribution in [0.15, 0.2) is 23.2 Å². The highest BCUT2D eigenvalue weighted by atomic mass is 16.1. The van der Waals surface area contributed by atoms with Gasteiger partial charge in [-0.3, -0.25) is 9.59 Å². The van der Waals surface area contributed by atoms with Crippen molar-refractivity contribution < 1.29 is 9.59 Å². The van der Waals surface area contributed by atoms with Crippen molar-refractivity contribution in [3.63, 3.8) is 0 Å². The average molecular weight is 187 g/mol. The van der Waals surface area contributed by atoms with Gasteiger partial charge in [0.05, 0.1) is 5.69 Å². The second kappa shape index (κ2) is 2.87. The maximum atomic E-state index is 11.3. The third-order valence-electron chi connectivity index (χ3n) is 2.22. The van der Waals surface area contributed by atoms with Crippen LogP contribution in [-0.2, 0) is 4.79 Å². The van der Waals surface area contributed by atoms with Crippen LogP contribution in [0.25, 0.3) is 0 Å². The lowest BCUT2D eigenvalue weighted by atomic mass is 9.92. The lowest BCUT2D eigenvalue weighted by Crippen LogP contribution is -2.21. The topological polar surface area (TPSA) is 46.5 Å². The summed E-state index contributed by atoms with van der Waals surface area (Å²) in [7, 11) is 0. The zero-order chi connectivity index (χ0) is 10.3. The first-order valence-corrected chi connectivity index (χ1v) is 4.35. The van der Waals surface area contributed by atoms with Gasteiger partial charge in [-0.25, -0.2) is 4.99 Å². The Hall–Kier alpha value is -1.77. The summed E-state index contributed by atoms with van der Waals surface area (Å²) in [4.78, 5) is 26.4. The SMILES string of the molecule is CC(=O)C1=Nc2cccc(C(C)=O)c21. The Morgan fingerprint density at radius 3 is 2.43 bits per heavy atom. The molecule has 0 unspecified atom stereocenters. The number of carbonyl (C=O) groups is 2. The molecule has 14 heavy (non-hydrogen) atoms. The summed E-state index contributed by atoms with van der Waals surface area (Å²) < 4.78 is 0. The van der Waals surface area contributed by atoms with E-state index in [1.165, 1.54) is 13.8 Å². The summed E-state index contributed by atoms with van der Waals surface area (Å²) >= 11 is 0. The van der Waals surface area contributed by atoms with Gasteiger partial charge < -0.3 is 0 Å². The van der Waals surface area contributed by atoms with E-state index in [2.05, 4.69) is 4.99 Å². The summed E-state index contributed by atoms with van der Waals surface area (Å²) in [6.45, 7) is 2.95. The zero-order valence-corrected chi connectivity index (χ0v) is 8.00. The van der Waals surface area contributed by atoms with Crippen LogP contribution < -0.4 is 0 Å². The van der Waals surface area contributed by atoms with Crippen molar-refractivity contribution in [1.29, 1.82) is 0 Å². The second-order valence-corrected chi connectivity index (χ2v) is 3.27. The molecular formula is C11H9NO2. The first-order valence-electron chi connectivity index (χ1n) is 4.35. The molecule has 1 heterocycles. The summed E-state index contributed by atoms with van der Waals surface area (Å²) in [6, 6.07) is 5.29. The Morgan fingerprint density at radius 2 is 1.86 bits per heavy atom. The third kappa shape index (κ3) is 1.09. The van der Waals surface area contributed by atoms with Crippen LogP contribution in [0.4, 0.5) is 5.69 Å². The molecule has 0 radical (unpaired) electrons. The molecule has 0 aliphatic carbocycles. The second-order valence-electron chi connectivity index (χ2n) is 3.27. The molecule has 1 aromatic rings. The van der Waals surface area contributed by atoms with E-state index < -0.39 is 0 Å². The Morgan fingerprint density at radius 1 is 1.14 bits per heavy atom. The molecule has 1 aliphatic rings. The maximum Gasteiger partial charge on any atom is 0.178 e. The van der Waals surface area contributed by atoms with Gasteiger partial charge in [-0.15, -0.1) is 0 Å². The van der Waals surface area contributed by atoms with E-state index in [1.807, 2.05) is 0 Å². The van der Waals surface area contributed by atoms with E-state index in [-0.39, 0.29) is 11.6 Å². The molecule has 0 amide bonds. The molecule has 0 fully saturated rings. The molecular weight excluding hydrogens is 178 g/mol. The number of nitrogens with zero attached hydrogens (tertiary/aromatic N) is 1. The molecule has 2 rings (SSSR count). The smallest absolute Gasteiger partial charge is 0.178 e. The predicted molar refractivity (Wildman–Crippen MR) is 53.3 cm³/mol. The Kier molecular flexibility index (Phi) is 1.81. The third-order valence-corrected chi connectivity index (χ3v) is 2.22. The predicted octanol–water partition coefficient (Wildman–Crippen LogP) is 1.91. The Bertz CT molecular complexity index is 472. The Balaban J connectivity index is 2.57. The highest BCUT2D eigenvalue weighted by Gasteiger charge is 2.26. The van der Waals surface area contributed by atoms with Gasteiger partial charge >= 0.3 is 0 Å². The van der Waals surface area contributed by atoms with E-state index in [0.29, 0.717) is 16.8 Å². The van der Waals surface area contributed by atoms with Gasteiger partial charge in [0.2, 0.25) is 0 Å². The van der Waals surface area contributed by atoms with Crippen molar-refractivity contribution in [3.05, 3.63) is 29.3 Å². The minimum Gasteiger partial charge on any atom is -0.294 e. The summed E-state index contributed by atoms with van der Waals surface area (Å²) in [5.41, 5.74) is 2.46. The molecule has 0 aromatic heterocycles. The average Bonchev–Trinajstić information content (AvgIpc) is 2.05. The largest absolute Gasteiger partial charge is 0.294 e. The molecule has 0 bridgehead atoms. The van der Waals surface area contributed by atoms with Gasteiger partial charge in [0.1, 0.15) is 5.71 Å². The summed E-state index contributed by atoms with van der Waals surface area (Å²) in [6.07, 6.45) is 0. The molecule has 70 valence electrons. The fraction of sp³-hybridized carbons (Fsp3) is 0.182. The number of benzene rings is 1. The van der Waals surface area contributed by atoms with Crippen molar-refractivity contribution in [1.82, 2.24) is 0 Å². The minimum absolute atomic E-state index is 0.0319. The van der Waals surface area contributed by atoms with Gasteiger partial charge in [-0.2, -0.15) is 0 Å². The first kappa shape index (κ1) is 8.81. The number of Topliss-reactive ketones (excluding diaryl/α,β-unsaturated/α-hetero) is 2. The molecule has 0 spiro atoms. The number of aliphatic imine (C=N–C) groups is 1. The van der Waals surface area contributed by atoms with Crippen LogP contribution in [0, 0.1) is 0 Å². The molecule has 0 saturated carbocycles. The van der Waals surface area contributed by atoms with Gasteiger partial charge in [-0.05, 0) is 13.0 Å². The maximum absolute atomic E-state index is 11.3. The first-order chi connectivity index (χ1) is 6.61. The number of carbonyl (C=O) groups excluding carboxylic acids is 2. The number of fused-ring (bicyclic) bond motifs is 1. The number of hydrogen-bond donors (Lipinski definition) is 0. The zero-order valence-electron chi connectivity index (χ0n) is 8.00. The van der Waals surface area contributed by atoms with Crippen LogP contribution in [0.3, 0.4) is 0 Å². The molecule has 3 nitrogen and oxygen atoms in total. The number of rotatable bonds is 2. The summed E-state index contributed by atoms with van der Waals surface area (Å²) in [5.74, 6) is -0.123. The Labute approximate surface area is 81.5 Å². The summed E-state index contributed by atoms with van der Waals surface area (Å²) in [5, 5.41) is 0. The van der Waals surface area contributed by atoms with Crippen molar-refractivity contribution in [2.24, 2.45) is 4.99 Å². The number of hydrogen-bond acceptors (Lipinski definition) is 3. The van der Waals surface area contributed by atoms with E-state index >= 15 is 0 Å². The van der Waals surface area contributed by atoms with Crippen LogP contribution in [0.2, 0.25) is 0 Å². The lowest BCUT2D eigenvalue weighted by molar-refractivity contribution is -0.111. The van der Waals surface area contributed by atoms with Crippen LogP contribution in [0.5, 0.6) is 0 Å². The lowest BCUT2D eigenvalue weighted by Gasteiger charge is -2.18. The fourth-order valence-electron chi connectivity index (χ4n) is 1.55. The van der Waals surface area contributed by atoms with Crippen LogP contribution in [-0.4, -0.2) is 17.3 Å².